The molecule has 0 amide bonds. The normalized spacial score (nSPS) is 23.4. The van der Waals surface area contributed by atoms with Crippen molar-refractivity contribution in [2.45, 2.75) is 18.8 Å². The number of carbonyl (C=O) groups excluding carboxylic acids is 1. The van der Waals surface area contributed by atoms with Crippen molar-refractivity contribution >= 4 is 5.97 Å². The molecule has 1 aliphatic carbocycles. The fourth-order valence-corrected chi connectivity index (χ4v) is 2.13. The van der Waals surface area contributed by atoms with E-state index in [0.29, 0.717) is 5.92 Å². The van der Waals surface area contributed by atoms with E-state index in [-0.39, 0.29) is 11.9 Å². The lowest BCUT2D eigenvalue weighted by molar-refractivity contribution is -0.148. The first-order valence-electron chi connectivity index (χ1n) is 5.46. The van der Waals surface area contributed by atoms with Crippen molar-refractivity contribution in [1.82, 2.24) is 0 Å². The standard InChI is InChI=1S/C13H16O3/c1-15-12-5-3-9(4-6-12)10-7-11(8-10)13(14)16-2/h3-6,10-11H,7-8H2,1-2H3/t10-,11+. The van der Waals surface area contributed by atoms with Crippen LogP contribution in [0.2, 0.25) is 0 Å². The number of benzene rings is 1. The molecule has 1 aromatic rings. The molecule has 86 valence electrons. The van der Waals surface area contributed by atoms with Gasteiger partial charge in [0, 0.05) is 0 Å². The lowest BCUT2D eigenvalue weighted by Gasteiger charge is -2.33. The Labute approximate surface area is 95.4 Å². The largest absolute Gasteiger partial charge is 0.497 e. The van der Waals surface area contributed by atoms with E-state index in [4.69, 9.17) is 9.47 Å². The van der Waals surface area contributed by atoms with Gasteiger partial charge in [0.1, 0.15) is 5.75 Å². The molecule has 0 radical (unpaired) electrons. The monoisotopic (exact) mass is 220 g/mol. The molecule has 0 unspecified atom stereocenters. The fourth-order valence-electron chi connectivity index (χ4n) is 2.13. The Kier molecular flexibility index (Phi) is 3.13. The predicted molar refractivity (Wildman–Crippen MR) is 60.5 cm³/mol. The van der Waals surface area contributed by atoms with Crippen LogP contribution in [0.4, 0.5) is 0 Å². The van der Waals surface area contributed by atoms with Gasteiger partial charge in [-0.1, -0.05) is 12.1 Å². The third-order valence-corrected chi connectivity index (χ3v) is 3.26. The quantitative estimate of drug-likeness (QED) is 0.733. The van der Waals surface area contributed by atoms with Gasteiger partial charge in [-0.15, -0.1) is 0 Å². The molecule has 0 bridgehead atoms. The van der Waals surface area contributed by atoms with Gasteiger partial charge in [0.15, 0.2) is 0 Å². The van der Waals surface area contributed by atoms with E-state index >= 15 is 0 Å². The zero-order chi connectivity index (χ0) is 11.5. The summed E-state index contributed by atoms with van der Waals surface area (Å²) in [5, 5.41) is 0. The molecule has 0 heterocycles. The Hall–Kier alpha value is -1.51. The summed E-state index contributed by atoms with van der Waals surface area (Å²) in [6.45, 7) is 0. The molecule has 16 heavy (non-hydrogen) atoms. The van der Waals surface area contributed by atoms with E-state index in [9.17, 15) is 4.79 Å². The third kappa shape index (κ3) is 2.03. The minimum atomic E-state index is -0.0789. The van der Waals surface area contributed by atoms with Crippen LogP contribution in [-0.4, -0.2) is 20.2 Å². The van der Waals surface area contributed by atoms with Crippen molar-refractivity contribution in [3.8, 4) is 5.75 Å². The topological polar surface area (TPSA) is 35.5 Å². The molecule has 0 N–H and O–H groups in total. The van der Waals surface area contributed by atoms with Crippen molar-refractivity contribution in [2.75, 3.05) is 14.2 Å². The van der Waals surface area contributed by atoms with Gasteiger partial charge in [-0.05, 0) is 36.5 Å². The maximum atomic E-state index is 11.2. The van der Waals surface area contributed by atoms with Crippen LogP contribution in [0.15, 0.2) is 24.3 Å². The Bertz CT molecular complexity index is 363. The van der Waals surface area contributed by atoms with Crippen molar-refractivity contribution in [2.24, 2.45) is 5.92 Å². The molecule has 3 heteroatoms. The van der Waals surface area contributed by atoms with Gasteiger partial charge in [0.25, 0.3) is 0 Å². The molecule has 0 saturated heterocycles. The zero-order valence-corrected chi connectivity index (χ0v) is 9.60. The van der Waals surface area contributed by atoms with Crippen LogP contribution in [0.3, 0.4) is 0 Å². The minimum Gasteiger partial charge on any atom is -0.497 e. The number of rotatable bonds is 3. The molecule has 2 rings (SSSR count). The Balaban J connectivity index is 1.93. The maximum absolute atomic E-state index is 11.2. The predicted octanol–water partition coefficient (Wildman–Crippen LogP) is 2.36. The summed E-state index contributed by atoms with van der Waals surface area (Å²) in [4.78, 5) is 11.2. The Morgan fingerprint density at radius 3 is 2.31 bits per heavy atom. The van der Waals surface area contributed by atoms with Crippen LogP contribution in [0.5, 0.6) is 5.75 Å². The second-order valence-corrected chi connectivity index (χ2v) is 4.16. The van der Waals surface area contributed by atoms with E-state index in [1.807, 2.05) is 12.1 Å². The van der Waals surface area contributed by atoms with Crippen LogP contribution in [0.25, 0.3) is 0 Å². The average Bonchev–Trinajstić information content (AvgIpc) is 2.27. The van der Waals surface area contributed by atoms with Gasteiger partial charge in [-0.25, -0.2) is 0 Å². The van der Waals surface area contributed by atoms with E-state index in [1.54, 1.807) is 7.11 Å². The second-order valence-electron chi connectivity index (χ2n) is 4.16. The summed E-state index contributed by atoms with van der Waals surface area (Å²) in [5.74, 6) is 1.38. The smallest absolute Gasteiger partial charge is 0.308 e. The highest BCUT2D eigenvalue weighted by molar-refractivity contribution is 5.73. The van der Waals surface area contributed by atoms with E-state index < -0.39 is 0 Å². The highest BCUT2D eigenvalue weighted by Gasteiger charge is 2.35. The van der Waals surface area contributed by atoms with Gasteiger partial charge in [0.2, 0.25) is 0 Å². The van der Waals surface area contributed by atoms with Crippen molar-refractivity contribution in [1.29, 1.82) is 0 Å². The van der Waals surface area contributed by atoms with E-state index in [1.165, 1.54) is 12.7 Å². The summed E-state index contributed by atoms with van der Waals surface area (Å²) in [5.41, 5.74) is 1.28. The number of hydrogen-bond acceptors (Lipinski definition) is 3. The Morgan fingerprint density at radius 1 is 1.19 bits per heavy atom. The van der Waals surface area contributed by atoms with Crippen LogP contribution in [-0.2, 0) is 9.53 Å². The molecule has 1 fully saturated rings. The Morgan fingerprint density at radius 2 is 1.81 bits per heavy atom. The molecule has 0 aliphatic heterocycles. The lowest BCUT2D eigenvalue weighted by Crippen LogP contribution is -2.29. The number of methoxy groups -OCH3 is 2. The zero-order valence-electron chi connectivity index (χ0n) is 9.60. The molecule has 0 atom stereocenters. The SMILES string of the molecule is COc1ccc([C@H]2C[C@@H](C(=O)OC)C2)cc1. The first-order valence-corrected chi connectivity index (χ1v) is 5.46. The molecule has 1 aromatic carbocycles. The van der Waals surface area contributed by atoms with E-state index in [0.717, 1.165) is 18.6 Å². The fraction of sp³-hybridized carbons (Fsp3) is 0.462. The van der Waals surface area contributed by atoms with E-state index in [2.05, 4.69) is 12.1 Å². The third-order valence-electron chi connectivity index (χ3n) is 3.26. The van der Waals surface area contributed by atoms with Crippen molar-refractivity contribution < 1.29 is 14.3 Å². The summed E-state index contributed by atoms with van der Waals surface area (Å²) >= 11 is 0. The van der Waals surface area contributed by atoms with Gasteiger partial charge < -0.3 is 9.47 Å². The second kappa shape index (κ2) is 4.56. The lowest BCUT2D eigenvalue weighted by atomic mass is 9.71. The molecule has 0 spiro atoms. The van der Waals surface area contributed by atoms with Crippen LogP contribution in [0.1, 0.15) is 24.3 Å². The van der Waals surface area contributed by atoms with Gasteiger partial charge in [-0.2, -0.15) is 0 Å². The van der Waals surface area contributed by atoms with Crippen LogP contribution in [0, 0.1) is 5.92 Å². The van der Waals surface area contributed by atoms with Crippen LogP contribution < -0.4 is 4.74 Å². The summed E-state index contributed by atoms with van der Waals surface area (Å²) in [6, 6.07) is 8.05. The summed E-state index contributed by atoms with van der Waals surface area (Å²) in [7, 11) is 3.11. The van der Waals surface area contributed by atoms with Crippen molar-refractivity contribution in [3.05, 3.63) is 29.8 Å². The molecular weight excluding hydrogens is 204 g/mol. The van der Waals surface area contributed by atoms with Gasteiger partial charge in [-0.3, -0.25) is 4.79 Å². The highest BCUT2D eigenvalue weighted by atomic mass is 16.5. The molecule has 3 nitrogen and oxygen atoms in total. The number of carbonyl (C=O) groups is 1. The summed E-state index contributed by atoms with van der Waals surface area (Å²) in [6.07, 6.45) is 1.80. The first kappa shape index (κ1) is 11.0. The number of ether oxygens (including phenoxy) is 2. The average molecular weight is 220 g/mol. The number of hydrogen-bond donors (Lipinski definition) is 0. The molecular formula is C13H16O3. The van der Waals surface area contributed by atoms with Crippen LogP contribution >= 0.6 is 0 Å². The number of esters is 1. The molecule has 0 aromatic heterocycles. The van der Waals surface area contributed by atoms with Crippen molar-refractivity contribution in [3.63, 3.8) is 0 Å². The van der Waals surface area contributed by atoms with Gasteiger partial charge >= 0.3 is 5.97 Å². The highest BCUT2D eigenvalue weighted by Crippen LogP contribution is 2.42. The minimum absolute atomic E-state index is 0.0789. The molecule has 1 aliphatic rings. The van der Waals surface area contributed by atoms with Gasteiger partial charge in [0.05, 0.1) is 20.1 Å². The maximum Gasteiger partial charge on any atom is 0.308 e. The summed E-state index contributed by atoms with van der Waals surface area (Å²) < 4.78 is 9.82. The molecule has 1 saturated carbocycles. The first-order chi connectivity index (χ1) is 7.74.